The third kappa shape index (κ3) is 2.32. The van der Waals surface area contributed by atoms with Gasteiger partial charge in [-0.2, -0.15) is 0 Å². The van der Waals surface area contributed by atoms with E-state index in [2.05, 4.69) is 41.0 Å². The van der Waals surface area contributed by atoms with E-state index < -0.39 is 0 Å². The number of nitrogens with zero attached hydrogens (tertiary/aromatic N) is 2. The van der Waals surface area contributed by atoms with E-state index in [-0.39, 0.29) is 0 Å². The lowest BCUT2D eigenvalue weighted by atomic mass is 9.91. The normalized spacial score (nSPS) is 24.6. The lowest BCUT2D eigenvalue weighted by molar-refractivity contribution is 0.0666. The minimum Gasteiger partial charge on any atom is -0.300 e. The predicted octanol–water partition coefficient (Wildman–Crippen LogP) is 2.70. The molecule has 2 nitrogen and oxygen atoms in total. The molecular formula is C16H24N2. The van der Waals surface area contributed by atoms with E-state index in [1.54, 1.807) is 11.1 Å². The zero-order valence-electron chi connectivity index (χ0n) is 11.4. The maximum Gasteiger partial charge on any atom is 0.0478 e. The molecule has 1 fully saturated rings. The van der Waals surface area contributed by atoms with Crippen LogP contribution in [0.15, 0.2) is 24.3 Å². The van der Waals surface area contributed by atoms with Gasteiger partial charge < -0.3 is 4.90 Å². The van der Waals surface area contributed by atoms with E-state index in [0.717, 1.165) is 0 Å². The summed E-state index contributed by atoms with van der Waals surface area (Å²) in [4.78, 5) is 5.34. The Morgan fingerprint density at radius 3 is 2.94 bits per heavy atom. The highest BCUT2D eigenvalue weighted by Gasteiger charge is 2.31. The summed E-state index contributed by atoms with van der Waals surface area (Å²) in [7, 11) is 0. The molecule has 18 heavy (non-hydrogen) atoms. The summed E-state index contributed by atoms with van der Waals surface area (Å²) in [5, 5.41) is 0. The van der Waals surface area contributed by atoms with Gasteiger partial charge in [0.05, 0.1) is 0 Å². The molecule has 2 aliphatic rings. The number of hydrogen-bond acceptors (Lipinski definition) is 2. The molecule has 2 heteroatoms. The van der Waals surface area contributed by atoms with Gasteiger partial charge in [-0.15, -0.1) is 0 Å². The standard InChI is InChI=1S/C16H24N2/c1-2-3-9-17-11-12-18-10-8-14-6-4-5-7-15(14)16(18)13-17/h4-7,16H,2-3,8-13H2,1H3. The van der Waals surface area contributed by atoms with Crippen LogP contribution in [-0.2, 0) is 6.42 Å². The fourth-order valence-electron chi connectivity index (χ4n) is 3.38. The molecule has 1 unspecified atom stereocenters. The maximum atomic E-state index is 2.69. The molecule has 1 aromatic carbocycles. The fourth-order valence-corrected chi connectivity index (χ4v) is 3.38. The summed E-state index contributed by atoms with van der Waals surface area (Å²) in [5.41, 5.74) is 3.17. The molecule has 1 atom stereocenters. The lowest BCUT2D eigenvalue weighted by Crippen LogP contribution is -2.50. The van der Waals surface area contributed by atoms with Gasteiger partial charge in [-0.1, -0.05) is 37.6 Å². The van der Waals surface area contributed by atoms with E-state index in [0.29, 0.717) is 6.04 Å². The molecule has 2 aliphatic heterocycles. The zero-order chi connectivity index (χ0) is 12.4. The molecule has 3 rings (SSSR count). The quantitative estimate of drug-likeness (QED) is 0.806. The third-order valence-electron chi connectivity index (χ3n) is 4.49. The average Bonchev–Trinajstić information content (AvgIpc) is 2.45. The largest absolute Gasteiger partial charge is 0.300 e. The summed E-state index contributed by atoms with van der Waals surface area (Å²) < 4.78 is 0. The summed E-state index contributed by atoms with van der Waals surface area (Å²) in [6.45, 7) is 8.57. The number of hydrogen-bond donors (Lipinski definition) is 0. The number of fused-ring (bicyclic) bond motifs is 3. The lowest BCUT2D eigenvalue weighted by Gasteiger charge is -2.45. The van der Waals surface area contributed by atoms with Crippen LogP contribution in [0.3, 0.4) is 0 Å². The van der Waals surface area contributed by atoms with Crippen LogP contribution in [0.4, 0.5) is 0 Å². The Labute approximate surface area is 111 Å². The van der Waals surface area contributed by atoms with E-state index in [9.17, 15) is 0 Å². The monoisotopic (exact) mass is 244 g/mol. The first-order valence-corrected chi connectivity index (χ1v) is 7.42. The van der Waals surface area contributed by atoms with Crippen LogP contribution < -0.4 is 0 Å². The minimum atomic E-state index is 0.653. The van der Waals surface area contributed by atoms with Crippen molar-refractivity contribution in [1.82, 2.24) is 9.80 Å². The number of unbranched alkanes of at least 4 members (excludes halogenated alkanes) is 1. The van der Waals surface area contributed by atoms with E-state index in [4.69, 9.17) is 0 Å². The van der Waals surface area contributed by atoms with E-state index in [1.165, 1.54) is 52.0 Å². The second kappa shape index (κ2) is 5.41. The molecule has 0 spiro atoms. The second-order valence-electron chi connectivity index (χ2n) is 5.65. The first-order chi connectivity index (χ1) is 8.88. The van der Waals surface area contributed by atoms with Crippen LogP contribution in [0, 0.1) is 0 Å². The molecule has 0 saturated carbocycles. The highest BCUT2D eigenvalue weighted by molar-refractivity contribution is 5.33. The Hall–Kier alpha value is -0.860. The van der Waals surface area contributed by atoms with Crippen molar-refractivity contribution in [3.8, 4) is 0 Å². The Morgan fingerprint density at radius 2 is 2.06 bits per heavy atom. The van der Waals surface area contributed by atoms with Gasteiger partial charge in [-0.3, -0.25) is 4.90 Å². The first-order valence-electron chi connectivity index (χ1n) is 7.42. The van der Waals surface area contributed by atoms with Gasteiger partial charge in [0.15, 0.2) is 0 Å². The third-order valence-corrected chi connectivity index (χ3v) is 4.49. The number of rotatable bonds is 3. The molecule has 0 aromatic heterocycles. The van der Waals surface area contributed by atoms with Crippen molar-refractivity contribution >= 4 is 0 Å². The van der Waals surface area contributed by atoms with E-state index in [1.807, 2.05) is 0 Å². The zero-order valence-corrected chi connectivity index (χ0v) is 11.4. The van der Waals surface area contributed by atoms with Gasteiger partial charge in [0.25, 0.3) is 0 Å². The summed E-state index contributed by atoms with van der Waals surface area (Å²) >= 11 is 0. The predicted molar refractivity (Wildman–Crippen MR) is 75.8 cm³/mol. The molecule has 0 N–H and O–H groups in total. The van der Waals surface area contributed by atoms with Gasteiger partial charge >= 0.3 is 0 Å². The molecule has 0 radical (unpaired) electrons. The van der Waals surface area contributed by atoms with Crippen LogP contribution in [0.2, 0.25) is 0 Å². The number of benzene rings is 1. The van der Waals surface area contributed by atoms with Crippen LogP contribution in [0.5, 0.6) is 0 Å². The van der Waals surface area contributed by atoms with Gasteiger partial charge in [0, 0.05) is 32.2 Å². The van der Waals surface area contributed by atoms with Crippen LogP contribution >= 0.6 is 0 Å². The SMILES string of the molecule is CCCCN1CCN2CCc3ccccc3C2C1. The van der Waals surface area contributed by atoms with Crippen LogP contribution in [-0.4, -0.2) is 42.5 Å². The van der Waals surface area contributed by atoms with E-state index >= 15 is 0 Å². The molecule has 0 amide bonds. The van der Waals surface area contributed by atoms with Gasteiger partial charge in [-0.05, 0) is 30.5 Å². The number of piperazine rings is 1. The van der Waals surface area contributed by atoms with Crippen molar-refractivity contribution in [2.75, 3.05) is 32.7 Å². The first kappa shape index (κ1) is 12.2. The Kier molecular flexibility index (Phi) is 3.67. The van der Waals surface area contributed by atoms with Crippen molar-refractivity contribution in [2.24, 2.45) is 0 Å². The Balaban J connectivity index is 1.75. The topological polar surface area (TPSA) is 6.48 Å². The minimum absolute atomic E-state index is 0.653. The summed E-state index contributed by atoms with van der Waals surface area (Å²) in [6, 6.07) is 9.70. The fraction of sp³-hybridized carbons (Fsp3) is 0.625. The van der Waals surface area contributed by atoms with Crippen molar-refractivity contribution in [3.05, 3.63) is 35.4 Å². The molecule has 98 valence electrons. The molecule has 0 aliphatic carbocycles. The summed E-state index contributed by atoms with van der Waals surface area (Å²) in [6.07, 6.45) is 3.89. The Morgan fingerprint density at radius 1 is 1.17 bits per heavy atom. The molecule has 1 aromatic rings. The van der Waals surface area contributed by atoms with Crippen LogP contribution in [0.1, 0.15) is 36.9 Å². The van der Waals surface area contributed by atoms with Gasteiger partial charge in [0.1, 0.15) is 0 Å². The highest BCUT2D eigenvalue weighted by Crippen LogP contribution is 2.32. The maximum absolute atomic E-state index is 2.69. The van der Waals surface area contributed by atoms with Crippen molar-refractivity contribution in [1.29, 1.82) is 0 Å². The highest BCUT2D eigenvalue weighted by atomic mass is 15.3. The van der Waals surface area contributed by atoms with Gasteiger partial charge in [-0.25, -0.2) is 0 Å². The summed E-state index contributed by atoms with van der Waals surface area (Å²) in [5.74, 6) is 0. The molecule has 2 heterocycles. The van der Waals surface area contributed by atoms with Crippen molar-refractivity contribution in [3.63, 3.8) is 0 Å². The molecule has 0 bridgehead atoms. The average molecular weight is 244 g/mol. The molecular weight excluding hydrogens is 220 g/mol. The van der Waals surface area contributed by atoms with Gasteiger partial charge in [0.2, 0.25) is 0 Å². The Bertz CT molecular complexity index is 402. The van der Waals surface area contributed by atoms with Crippen molar-refractivity contribution in [2.45, 2.75) is 32.2 Å². The molecule has 1 saturated heterocycles. The van der Waals surface area contributed by atoms with Crippen molar-refractivity contribution < 1.29 is 0 Å². The van der Waals surface area contributed by atoms with Crippen LogP contribution in [0.25, 0.3) is 0 Å². The smallest absolute Gasteiger partial charge is 0.0478 e. The second-order valence-corrected chi connectivity index (χ2v) is 5.65.